The molecule has 0 bridgehead atoms. The van der Waals surface area contributed by atoms with Crippen molar-refractivity contribution in [3.05, 3.63) is 59.2 Å². The highest BCUT2D eigenvalue weighted by molar-refractivity contribution is 6.09. The molecular formula is C41H51F6N13O6. The minimum absolute atomic E-state index is 0.0865. The number of nitrogens with one attached hydrogen (secondary N) is 10. The number of guanidine groups is 1. The molecular weight excluding hydrogens is 885 g/mol. The van der Waals surface area contributed by atoms with Crippen LogP contribution in [0.2, 0.25) is 0 Å². The maximum absolute atomic E-state index is 14.3. The van der Waals surface area contributed by atoms with Crippen LogP contribution in [0.25, 0.3) is 0 Å². The zero-order valence-electron chi connectivity index (χ0n) is 35.7. The lowest BCUT2D eigenvalue weighted by atomic mass is 10.1. The van der Waals surface area contributed by atoms with Gasteiger partial charge < -0.3 is 57.7 Å². The van der Waals surface area contributed by atoms with Crippen LogP contribution >= 0.6 is 0 Å². The normalized spacial score (nSPS) is 15.9. The molecule has 0 spiro atoms. The van der Waals surface area contributed by atoms with Gasteiger partial charge in [-0.15, -0.1) is 0 Å². The van der Waals surface area contributed by atoms with E-state index >= 15 is 0 Å². The van der Waals surface area contributed by atoms with E-state index in [9.17, 15) is 45.5 Å². The minimum atomic E-state index is -4.97. The van der Waals surface area contributed by atoms with Crippen molar-refractivity contribution >= 4 is 58.2 Å². The van der Waals surface area contributed by atoms with Crippen LogP contribution in [-0.2, 0) is 21.9 Å². The minimum Gasteiger partial charge on any atom is -0.485 e. The summed E-state index contributed by atoms with van der Waals surface area (Å²) in [5.74, 6) is -4.22. The summed E-state index contributed by atoms with van der Waals surface area (Å²) in [5.41, 5.74) is -0.121. The van der Waals surface area contributed by atoms with Gasteiger partial charge in [-0.1, -0.05) is 0 Å². The second-order valence-electron chi connectivity index (χ2n) is 15.4. The molecule has 0 saturated carbocycles. The number of amides is 4. The van der Waals surface area contributed by atoms with Gasteiger partial charge >= 0.3 is 12.4 Å². The highest BCUT2D eigenvalue weighted by Gasteiger charge is 2.36. The summed E-state index contributed by atoms with van der Waals surface area (Å²) < 4.78 is 97.9. The molecule has 1 aromatic heterocycles. The summed E-state index contributed by atoms with van der Waals surface area (Å²) in [6, 6.07) is 3.43. The van der Waals surface area contributed by atoms with E-state index in [-0.39, 0.29) is 54.8 Å². The van der Waals surface area contributed by atoms with Gasteiger partial charge in [0.1, 0.15) is 29.9 Å². The zero-order valence-corrected chi connectivity index (χ0v) is 35.7. The molecule has 12 N–H and O–H groups in total. The Labute approximate surface area is 374 Å². The Hall–Kier alpha value is -6.76. The van der Waals surface area contributed by atoms with Gasteiger partial charge in [0.15, 0.2) is 17.5 Å². The van der Waals surface area contributed by atoms with Crippen molar-refractivity contribution in [1.82, 2.24) is 31.2 Å². The van der Waals surface area contributed by atoms with Crippen molar-refractivity contribution < 1.29 is 55.0 Å². The molecule has 19 nitrogen and oxygen atoms in total. The molecule has 2 atom stereocenters. The second kappa shape index (κ2) is 22.9. The molecule has 0 radical (unpaired) electrons. The van der Waals surface area contributed by atoms with Crippen LogP contribution in [0.1, 0.15) is 90.4 Å². The number of nitrogens with two attached hydrogens (primary N) is 1. The maximum atomic E-state index is 14.3. The van der Waals surface area contributed by atoms with Crippen LogP contribution in [0, 0.1) is 10.8 Å². The Morgan fingerprint density at radius 2 is 1.08 bits per heavy atom. The Kier molecular flexibility index (Phi) is 17.4. The number of amidine groups is 1. The topological polar surface area (TPSA) is 282 Å². The lowest BCUT2D eigenvalue weighted by molar-refractivity contribution is -0.138. The van der Waals surface area contributed by atoms with Crippen molar-refractivity contribution in [3.8, 4) is 11.5 Å². The fourth-order valence-corrected chi connectivity index (χ4v) is 6.73. The highest BCUT2D eigenvalue weighted by atomic mass is 19.4. The van der Waals surface area contributed by atoms with Crippen molar-refractivity contribution in [2.45, 2.75) is 82.9 Å². The second-order valence-corrected chi connectivity index (χ2v) is 15.4. The van der Waals surface area contributed by atoms with Crippen molar-refractivity contribution in [2.24, 2.45) is 5.73 Å². The number of hydrogen-bond acceptors (Lipinski definition) is 12. The first-order valence-corrected chi connectivity index (χ1v) is 20.9. The molecule has 66 heavy (non-hydrogen) atoms. The first kappa shape index (κ1) is 50.2. The first-order chi connectivity index (χ1) is 31.3. The van der Waals surface area contributed by atoms with Gasteiger partial charge in [-0.25, -0.2) is 9.97 Å². The van der Waals surface area contributed by atoms with Crippen LogP contribution in [0.15, 0.2) is 36.7 Å². The van der Waals surface area contributed by atoms with E-state index in [1.165, 1.54) is 0 Å². The third-order valence-electron chi connectivity index (χ3n) is 9.98. The van der Waals surface area contributed by atoms with Crippen molar-refractivity contribution in [1.29, 1.82) is 10.8 Å². The van der Waals surface area contributed by atoms with Crippen molar-refractivity contribution in [2.75, 3.05) is 60.5 Å². The van der Waals surface area contributed by atoms with Gasteiger partial charge in [-0.3, -0.25) is 30.0 Å². The SMILES string of the molecule is CC(=N)NCCCCC(=O)Nc1cc(C(F)(F)F)cc(NC(=O)c2cc(C(=O)Nc3cc(C(F)(F)F)cc(NC(=O)CCCCNC(=N)N)c3O[C@H]3CCNC3)ncn2)c1OC1CCNC1. The summed E-state index contributed by atoms with van der Waals surface area (Å²) in [7, 11) is 0. The van der Waals surface area contributed by atoms with E-state index in [2.05, 4.69) is 52.5 Å². The molecule has 358 valence electrons. The number of rotatable bonds is 20. The number of hydrogen-bond donors (Lipinski definition) is 11. The number of unbranched alkanes of at least 4 members (excludes halogenated alkanes) is 2. The number of benzene rings is 2. The Bertz CT molecular complexity index is 2100. The molecule has 3 heterocycles. The molecule has 0 aliphatic carbocycles. The predicted molar refractivity (Wildman–Crippen MR) is 231 cm³/mol. The molecule has 3 aromatic rings. The third-order valence-corrected chi connectivity index (χ3v) is 9.98. The van der Waals surface area contributed by atoms with Crippen LogP contribution < -0.4 is 57.7 Å². The maximum Gasteiger partial charge on any atom is 0.416 e. The molecule has 25 heteroatoms. The Morgan fingerprint density at radius 3 is 1.44 bits per heavy atom. The summed E-state index contributed by atoms with van der Waals surface area (Å²) in [6.45, 7) is 3.87. The molecule has 2 fully saturated rings. The number of carbonyl (C=O) groups is 4. The molecule has 2 saturated heterocycles. The molecule has 2 aromatic carbocycles. The third kappa shape index (κ3) is 15.2. The Morgan fingerprint density at radius 1 is 0.667 bits per heavy atom. The van der Waals surface area contributed by atoms with Gasteiger partial charge in [-0.2, -0.15) is 26.3 Å². The summed E-state index contributed by atoms with van der Waals surface area (Å²) in [4.78, 5) is 61.3. The smallest absolute Gasteiger partial charge is 0.416 e. The van der Waals surface area contributed by atoms with E-state index in [0.717, 1.165) is 12.4 Å². The molecule has 4 amide bonds. The van der Waals surface area contributed by atoms with Crippen LogP contribution in [-0.4, -0.2) is 96.9 Å². The van der Waals surface area contributed by atoms with Gasteiger partial charge in [-0.05, 0) is 82.8 Å². The molecule has 1 unspecified atom stereocenters. The number of carbonyl (C=O) groups excluding carboxylic acids is 4. The van der Waals surface area contributed by atoms with E-state index < -0.39 is 87.8 Å². The van der Waals surface area contributed by atoms with E-state index in [1.54, 1.807) is 6.92 Å². The average molecular weight is 936 g/mol. The summed E-state index contributed by atoms with van der Waals surface area (Å²) in [5, 5.41) is 35.8. The number of nitrogens with zero attached hydrogens (tertiary/aromatic N) is 2. The van der Waals surface area contributed by atoms with Crippen LogP contribution in [0.4, 0.5) is 49.1 Å². The largest absolute Gasteiger partial charge is 0.485 e. The molecule has 2 aliphatic rings. The number of ether oxygens (including phenoxy) is 2. The zero-order chi connectivity index (χ0) is 48.0. The lowest BCUT2D eigenvalue weighted by Crippen LogP contribution is -2.31. The van der Waals surface area contributed by atoms with Crippen LogP contribution in [0.5, 0.6) is 11.5 Å². The number of halogens is 6. The number of anilines is 4. The van der Waals surface area contributed by atoms with Gasteiger partial charge in [0.05, 0.1) is 39.7 Å². The van der Waals surface area contributed by atoms with Crippen LogP contribution in [0.3, 0.4) is 0 Å². The Balaban J connectivity index is 1.42. The van der Waals surface area contributed by atoms with E-state index in [1.807, 2.05) is 0 Å². The van der Waals surface area contributed by atoms with Gasteiger partial charge in [0.2, 0.25) is 11.8 Å². The van der Waals surface area contributed by atoms with E-state index in [0.29, 0.717) is 89.1 Å². The summed E-state index contributed by atoms with van der Waals surface area (Å²) in [6.07, 6.45) is -8.10. The fraction of sp³-hybridized carbons (Fsp3) is 0.463. The standard InChI is InChI=1S/C41H51F6N13O6/c1-22(48)53-10-4-2-6-33(61)57-27-14-23(40(42,43)44)16-29(35(27)65-25-8-12-51-19-25)59-37(63)31-18-32(56-21-55-31)38(64)60-30-17-24(41(45,46)47)15-28(36(30)66-26-9-13-52-20-26)58-34(62)7-3-5-11-54-39(49)50/h14-18,21,25-26,51-52H,2-13,19-20H2,1H3,(H2,48,53)(H,57,61)(H,58,62)(H,59,63)(H,60,64)(H4,49,50,54)/t25?,26-/m0/s1. The number of aromatic nitrogens is 2. The highest BCUT2D eigenvalue weighted by Crippen LogP contribution is 2.43. The quantitative estimate of drug-likeness (QED) is 0.0315. The fourth-order valence-electron chi connectivity index (χ4n) is 6.73. The molecule has 5 rings (SSSR count). The van der Waals surface area contributed by atoms with Gasteiger partial charge in [0, 0.05) is 45.1 Å². The van der Waals surface area contributed by atoms with Gasteiger partial charge in [0.25, 0.3) is 11.8 Å². The monoisotopic (exact) mass is 935 g/mol. The lowest BCUT2D eigenvalue weighted by Gasteiger charge is -2.22. The predicted octanol–water partition coefficient (Wildman–Crippen LogP) is 4.79. The summed E-state index contributed by atoms with van der Waals surface area (Å²) >= 11 is 0. The first-order valence-electron chi connectivity index (χ1n) is 20.9. The molecule has 2 aliphatic heterocycles. The van der Waals surface area contributed by atoms with E-state index in [4.69, 9.17) is 26.0 Å². The average Bonchev–Trinajstić information content (AvgIpc) is 3.97. The number of alkyl halides is 6. The van der Waals surface area contributed by atoms with Crippen molar-refractivity contribution in [3.63, 3.8) is 0 Å².